The molecular weight excluding hydrogens is 358 g/mol. The van der Waals surface area contributed by atoms with Gasteiger partial charge in [-0.15, -0.1) is 0 Å². The van der Waals surface area contributed by atoms with E-state index in [9.17, 15) is 20.0 Å². The van der Waals surface area contributed by atoms with Crippen molar-refractivity contribution in [2.75, 3.05) is 0 Å². The lowest BCUT2D eigenvalue weighted by Crippen LogP contribution is -2.43. The lowest BCUT2D eigenvalue weighted by molar-refractivity contribution is -0.385. The van der Waals surface area contributed by atoms with Crippen molar-refractivity contribution >= 4 is 28.9 Å². The van der Waals surface area contributed by atoms with Gasteiger partial charge >= 0.3 is 0 Å². The summed E-state index contributed by atoms with van der Waals surface area (Å²) in [5.74, 6) is -0.738. The lowest BCUT2D eigenvalue weighted by Gasteiger charge is -2.31. The average Bonchev–Trinajstić information content (AvgIpc) is 2.99. The molecule has 26 heavy (non-hydrogen) atoms. The highest BCUT2D eigenvalue weighted by atomic mass is 35.5. The fourth-order valence-corrected chi connectivity index (χ4v) is 3.02. The smallest absolute Gasteiger partial charge is 0.283 e. The van der Waals surface area contributed by atoms with Crippen molar-refractivity contribution in [1.29, 1.82) is 0 Å². The SMILES string of the molecule is CCC1=NN(C(=O)c2ccccc2[N+](=O)[O-])C(O)(c2ccc(Cl)cc2)C1. The minimum atomic E-state index is -1.73. The predicted octanol–water partition coefficient (Wildman–Crippen LogP) is 3.71. The Balaban J connectivity index is 2.08. The van der Waals surface area contributed by atoms with E-state index in [1.54, 1.807) is 24.3 Å². The number of halogens is 1. The molecule has 2 aromatic rings. The highest BCUT2D eigenvalue weighted by molar-refractivity contribution is 6.30. The van der Waals surface area contributed by atoms with Crippen LogP contribution in [0.25, 0.3) is 0 Å². The van der Waals surface area contributed by atoms with Crippen molar-refractivity contribution in [3.05, 3.63) is 74.8 Å². The van der Waals surface area contributed by atoms with Gasteiger partial charge in [-0.3, -0.25) is 14.9 Å². The normalized spacial score (nSPS) is 19.3. The summed E-state index contributed by atoms with van der Waals surface area (Å²) in [6.07, 6.45) is 0.661. The molecule has 1 atom stereocenters. The van der Waals surface area contributed by atoms with Crippen LogP contribution in [0.15, 0.2) is 53.6 Å². The molecule has 8 heteroatoms. The summed E-state index contributed by atoms with van der Waals surface area (Å²) in [5.41, 5.74) is -1.14. The molecule has 3 rings (SSSR count). The number of benzene rings is 2. The van der Waals surface area contributed by atoms with Crippen LogP contribution in [-0.2, 0) is 5.72 Å². The molecular formula is C18H16ClN3O4. The van der Waals surface area contributed by atoms with Crippen LogP contribution in [0, 0.1) is 10.1 Å². The minimum absolute atomic E-state index is 0.123. The lowest BCUT2D eigenvalue weighted by atomic mass is 9.96. The van der Waals surface area contributed by atoms with Crippen LogP contribution >= 0.6 is 11.6 Å². The minimum Gasteiger partial charge on any atom is -0.365 e. The number of amides is 1. The zero-order valence-electron chi connectivity index (χ0n) is 13.9. The van der Waals surface area contributed by atoms with E-state index in [0.29, 0.717) is 22.7 Å². The molecule has 1 aliphatic heterocycles. The predicted molar refractivity (Wildman–Crippen MR) is 97.0 cm³/mol. The second-order valence-electron chi connectivity index (χ2n) is 5.91. The van der Waals surface area contributed by atoms with Gasteiger partial charge in [0.1, 0.15) is 5.56 Å². The molecule has 0 saturated heterocycles. The third-order valence-corrected chi connectivity index (χ3v) is 4.53. The Bertz CT molecular complexity index is 898. The second kappa shape index (κ2) is 6.86. The number of nitro groups is 1. The average molecular weight is 374 g/mol. The zero-order valence-corrected chi connectivity index (χ0v) is 14.7. The van der Waals surface area contributed by atoms with Crippen LogP contribution in [0.1, 0.15) is 35.7 Å². The Hall–Kier alpha value is -2.77. The summed E-state index contributed by atoms with van der Waals surface area (Å²) < 4.78 is 0. The van der Waals surface area contributed by atoms with Gasteiger partial charge in [0.05, 0.1) is 4.92 Å². The summed E-state index contributed by atoms with van der Waals surface area (Å²) in [7, 11) is 0. The summed E-state index contributed by atoms with van der Waals surface area (Å²) in [6, 6.07) is 12.0. The monoisotopic (exact) mass is 373 g/mol. The quantitative estimate of drug-likeness (QED) is 0.652. The van der Waals surface area contributed by atoms with Crippen molar-refractivity contribution in [3.8, 4) is 0 Å². The van der Waals surface area contributed by atoms with E-state index in [-0.39, 0.29) is 17.7 Å². The van der Waals surface area contributed by atoms with Gasteiger partial charge in [0.25, 0.3) is 11.6 Å². The van der Waals surface area contributed by atoms with Gasteiger partial charge in [0, 0.05) is 28.8 Å². The van der Waals surface area contributed by atoms with Gasteiger partial charge in [-0.1, -0.05) is 42.8 Å². The first-order chi connectivity index (χ1) is 12.4. The van der Waals surface area contributed by atoms with Gasteiger partial charge in [-0.25, -0.2) is 0 Å². The van der Waals surface area contributed by atoms with Crippen LogP contribution in [-0.4, -0.2) is 26.7 Å². The Morgan fingerprint density at radius 2 is 1.96 bits per heavy atom. The first-order valence-electron chi connectivity index (χ1n) is 7.99. The van der Waals surface area contributed by atoms with Crippen LogP contribution < -0.4 is 0 Å². The first kappa shape index (κ1) is 18.0. The number of rotatable bonds is 4. The van der Waals surface area contributed by atoms with E-state index in [4.69, 9.17) is 11.6 Å². The molecule has 0 fully saturated rings. The van der Waals surface area contributed by atoms with Crippen LogP contribution in [0.3, 0.4) is 0 Å². The van der Waals surface area contributed by atoms with E-state index in [2.05, 4.69) is 5.10 Å². The molecule has 1 amide bonds. The van der Waals surface area contributed by atoms with Crippen LogP contribution in [0.5, 0.6) is 0 Å². The van der Waals surface area contributed by atoms with Crippen molar-refractivity contribution in [2.24, 2.45) is 5.10 Å². The topological polar surface area (TPSA) is 96.0 Å². The van der Waals surface area contributed by atoms with Gasteiger partial charge in [0.2, 0.25) is 0 Å². The second-order valence-corrected chi connectivity index (χ2v) is 6.35. The first-order valence-corrected chi connectivity index (χ1v) is 8.37. The molecule has 1 N–H and O–H groups in total. The Labute approximate surface area is 154 Å². The number of aliphatic hydroxyl groups is 1. The molecule has 0 radical (unpaired) electrons. The van der Waals surface area contributed by atoms with Crippen LogP contribution in [0.4, 0.5) is 5.69 Å². The van der Waals surface area contributed by atoms with Crippen LogP contribution in [0.2, 0.25) is 5.02 Å². The number of hydrogen-bond donors (Lipinski definition) is 1. The zero-order chi connectivity index (χ0) is 18.9. The fourth-order valence-electron chi connectivity index (χ4n) is 2.90. The van der Waals surface area contributed by atoms with Gasteiger partial charge in [-0.05, 0) is 24.6 Å². The van der Waals surface area contributed by atoms with E-state index < -0.39 is 16.6 Å². The third kappa shape index (κ3) is 3.07. The number of carbonyl (C=O) groups excluding carboxylic acids is 1. The third-order valence-electron chi connectivity index (χ3n) is 4.28. The van der Waals surface area contributed by atoms with Gasteiger partial charge in [-0.2, -0.15) is 10.1 Å². The Kier molecular flexibility index (Phi) is 4.76. The largest absolute Gasteiger partial charge is 0.365 e. The van der Waals surface area contributed by atoms with Crippen molar-refractivity contribution < 1.29 is 14.8 Å². The maximum Gasteiger partial charge on any atom is 0.283 e. The summed E-state index contributed by atoms with van der Waals surface area (Å²) in [6.45, 7) is 1.86. The van der Waals surface area contributed by atoms with E-state index in [1.807, 2.05) is 6.92 Å². The van der Waals surface area contributed by atoms with Crippen molar-refractivity contribution in [3.63, 3.8) is 0 Å². The molecule has 2 aromatic carbocycles. The molecule has 0 aromatic heterocycles. The molecule has 0 spiro atoms. The molecule has 0 aliphatic carbocycles. The van der Waals surface area contributed by atoms with Gasteiger partial charge in [0.15, 0.2) is 5.72 Å². The number of carbonyl (C=O) groups is 1. The summed E-state index contributed by atoms with van der Waals surface area (Å²) >= 11 is 5.90. The molecule has 1 unspecified atom stereocenters. The molecule has 0 bridgehead atoms. The number of hydrazone groups is 1. The van der Waals surface area contributed by atoms with Crippen molar-refractivity contribution in [2.45, 2.75) is 25.5 Å². The maximum absolute atomic E-state index is 13.0. The van der Waals surface area contributed by atoms with E-state index in [1.165, 1.54) is 24.3 Å². The number of para-hydroxylation sites is 1. The number of hydrogen-bond acceptors (Lipinski definition) is 5. The maximum atomic E-state index is 13.0. The molecule has 134 valence electrons. The molecule has 1 heterocycles. The highest BCUT2D eigenvalue weighted by Gasteiger charge is 2.46. The van der Waals surface area contributed by atoms with Crippen molar-refractivity contribution in [1.82, 2.24) is 5.01 Å². The standard InChI is InChI=1S/C18H16ClN3O4/c1-2-14-11-18(24,12-7-9-13(19)10-8-12)21(20-14)17(23)15-5-3-4-6-16(15)22(25)26/h3-10,24H,2,11H2,1H3. The Morgan fingerprint density at radius 3 is 2.58 bits per heavy atom. The highest BCUT2D eigenvalue weighted by Crippen LogP contribution is 2.38. The van der Waals surface area contributed by atoms with Gasteiger partial charge < -0.3 is 5.11 Å². The molecule has 7 nitrogen and oxygen atoms in total. The Morgan fingerprint density at radius 1 is 1.31 bits per heavy atom. The summed E-state index contributed by atoms with van der Waals surface area (Å²) in [5, 5.41) is 28.2. The fraction of sp³-hybridized carbons (Fsp3) is 0.222. The molecule has 0 saturated carbocycles. The molecule has 1 aliphatic rings. The van der Waals surface area contributed by atoms with E-state index >= 15 is 0 Å². The number of nitro benzene ring substituents is 1. The summed E-state index contributed by atoms with van der Waals surface area (Å²) in [4.78, 5) is 23.6. The number of nitrogens with zero attached hydrogens (tertiary/aromatic N) is 3. The van der Waals surface area contributed by atoms with E-state index in [0.717, 1.165) is 5.01 Å².